The first-order chi connectivity index (χ1) is 9.64. The molecule has 1 aromatic rings. The fourth-order valence-corrected chi connectivity index (χ4v) is 1.60. The Morgan fingerprint density at radius 3 is 2.45 bits per heavy atom. The van der Waals surface area contributed by atoms with Crippen LogP contribution in [0.15, 0.2) is 18.2 Å². The van der Waals surface area contributed by atoms with Gasteiger partial charge in [0.2, 0.25) is 6.41 Å². The van der Waals surface area contributed by atoms with E-state index in [1.807, 2.05) is 6.07 Å². The third-order valence-corrected chi connectivity index (χ3v) is 2.52. The first-order valence-electron chi connectivity index (χ1n) is 7.06. The van der Waals surface area contributed by atoms with E-state index < -0.39 is 5.82 Å². The Morgan fingerprint density at radius 2 is 1.95 bits per heavy atom. The summed E-state index contributed by atoms with van der Waals surface area (Å²) in [5.74, 6) is -0.443. The molecule has 0 bridgehead atoms. The molecule has 0 saturated heterocycles. The number of halogens is 1. The molecular formula is C16H23FN2O. The molecule has 20 heavy (non-hydrogen) atoms. The fourth-order valence-electron chi connectivity index (χ4n) is 1.60. The summed E-state index contributed by atoms with van der Waals surface area (Å²) < 4.78 is 13.1. The predicted octanol–water partition coefficient (Wildman–Crippen LogP) is 4.27. The van der Waals surface area contributed by atoms with Crippen molar-refractivity contribution in [2.75, 3.05) is 11.4 Å². The van der Waals surface area contributed by atoms with E-state index in [4.69, 9.17) is 5.26 Å². The highest BCUT2D eigenvalue weighted by molar-refractivity contribution is 5.78. The maximum absolute atomic E-state index is 13.1. The normalized spacial score (nSPS) is 9.15. The van der Waals surface area contributed by atoms with Gasteiger partial charge in [-0.2, -0.15) is 5.26 Å². The van der Waals surface area contributed by atoms with E-state index in [9.17, 15) is 9.18 Å². The monoisotopic (exact) mass is 278 g/mol. The Labute approximate surface area is 121 Å². The van der Waals surface area contributed by atoms with Gasteiger partial charge in [-0.1, -0.05) is 40.0 Å². The maximum atomic E-state index is 13.1. The molecule has 1 amide bonds. The first-order valence-corrected chi connectivity index (χ1v) is 7.06. The third kappa shape index (κ3) is 6.33. The second kappa shape index (κ2) is 11.0. The number of anilines is 1. The van der Waals surface area contributed by atoms with E-state index in [1.54, 1.807) is 0 Å². The van der Waals surface area contributed by atoms with Crippen LogP contribution in [0.25, 0.3) is 0 Å². The van der Waals surface area contributed by atoms with Crippen LogP contribution in [0, 0.1) is 17.1 Å². The Hall–Kier alpha value is -1.89. The van der Waals surface area contributed by atoms with E-state index in [0.717, 1.165) is 19.3 Å². The largest absolute Gasteiger partial charge is 0.314 e. The molecule has 0 spiro atoms. The number of carbonyl (C=O) groups excluding carboxylic acids is 1. The highest BCUT2D eigenvalue weighted by Gasteiger charge is 2.11. The van der Waals surface area contributed by atoms with Gasteiger partial charge in [0.25, 0.3) is 0 Å². The highest BCUT2D eigenvalue weighted by Crippen LogP contribution is 2.20. The van der Waals surface area contributed by atoms with Gasteiger partial charge in [0.15, 0.2) is 0 Å². The zero-order valence-electron chi connectivity index (χ0n) is 12.5. The lowest BCUT2D eigenvalue weighted by Gasteiger charge is -2.18. The molecule has 0 aromatic heterocycles. The van der Waals surface area contributed by atoms with Crippen LogP contribution in [-0.2, 0) is 4.79 Å². The number of amides is 1. The second-order valence-corrected chi connectivity index (χ2v) is 4.49. The van der Waals surface area contributed by atoms with Crippen molar-refractivity contribution in [3.8, 4) is 6.07 Å². The van der Waals surface area contributed by atoms with Crippen molar-refractivity contribution in [1.82, 2.24) is 0 Å². The molecule has 1 rings (SSSR count). The van der Waals surface area contributed by atoms with Crippen LogP contribution in [0.2, 0.25) is 0 Å². The van der Waals surface area contributed by atoms with Crippen LogP contribution >= 0.6 is 0 Å². The van der Waals surface area contributed by atoms with Crippen molar-refractivity contribution in [3.63, 3.8) is 0 Å². The Balaban J connectivity index is 0.00000110. The summed E-state index contributed by atoms with van der Waals surface area (Å²) >= 11 is 0. The molecule has 0 fully saturated rings. The number of unbranched alkanes of at least 4 members (excludes halogenated alkanes) is 2. The van der Waals surface area contributed by atoms with Gasteiger partial charge in [-0.25, -0.2) is 4.39 Å². The molecule has 0 aliphatic carbocycles. The molecule has 0 unspecified atom stereocenters. The number of benzene rings is 1. The number of rotatable bonds is 6. The van der Waals surface area contributed by atoms with Crippen molar-refractivity contribution >= 4 is 12.1 Å². The molecule has 0 saturated carbocycles. The molecule has 0 radical (unpaired) electrons. The van der Waals surface area contributed by atoms with Gasteiger partial charge in [-0.3, -0.25) is 4.79 Å². The molecule has 3 nitrogen and oxygen atoms in total. The van der Waals surface area contributed by atoms with Gasteiger partial charge in [0.1, 0.15) is 11.9 Å². The lowest BCUT2D eigenvalue weighted by Crippen LogP contribution is -2.23. The van der Waals surface area contributed by atoms with Crippen LogP contribution in [0.1, 0.15) is 52.0 Å². The van der Waals surface area contributed by atoms with Gasteiger partial charge in [-0.05, 0) is 24.6 Å². The summed E-state index contributed by atoms with van der Waals surface area (Å²) in [6.07, 6.45) is 4.78. The Morgan fingerprint density at radius 1 is 1.30 bits per heavy atom. The van der Waals surface area contributed by atoms with Gasteiger partial charge < -0.3 is 4.90 Å². The van der Waals surface area contributed by atoms with E-state index in [2.05, 4.69) is 20.8 Å². The first kappa shape index (κ1) is 18.1. The van der Waals surface area contributed by atoms with Gasteiger partial charge >= 0.3 is 0 Å². The summed E-state index contributed by atoms with van der Waals surface area (Å²) in [5.41, 5.74) is 0.661. The zero-order valence-corrected chi connectivity index (χ0v) is 12.5. The molecule has 0 atom stereocenters. The van der Waals surface area contributed by atoms with E-state index in [-0.39, 0.29) is 0 Å². The SMILES string of the molecule is CCC.CCCCCN(C=O)c1cc(F)ccc1C#N. The molecule has 110 valence electrons. The third-order valence-electron chi connectivity index (χ3n) is 2.52. The summed E-state index contributed by atoms with van der Waals surface area (Å²) in [6, 6.07) is 5.79. The maximum Gasteiger partial charge on any atom is 0.214 e. The van der Waals surface area contributed by atoms with Crippen LogP contribution in [0.4, 0.5) is 10.1 Å². The Bertz CT molecular complexity index is 441. The summed E-state index contributed by atoms with van der Waals surface area (Å²) in [6.45, 7) is 6.82. The van der Waals surface area contributed by atoms with Crippen molar-refractivity contribution < 1.29 is 9.18 Å². The van der Waals surface area contributed by atoms with E-state index in [0.29, 0.717) is 24.2 Å². The number of hydrogen-bond donors (Lipinski definition) is 0. The number of nitriles is 1. The summed E-state index contributed by atoms with van der Waals surface area (Å²) in [5, 5.41) is 8.91. The molecule has 0 aliphatic rings. The molecule has 0 heterocycles. The molecule has 1 aromatic carbocycles. The average molecular weight is 278 g/mol. The number of hydrogen-bond acceptors (Lipinski definition) is 2. The predicted molar refractivity (Wildman–Crippen MR) is 80.0 cm³/mol. The Kier molecular flexibility index (Phi) is 9.94. The molecule has 0 aliphatic heterocycles. The summed E-state index contributed by atoms with van der Waals surface area (Å²) in [4.78, 5) is 12.4. The zero-order chi connectivity index (χ0) is 15.4. The second-order valence-electron chi connectivity index (χ2n) is 4.49. The van der Waals surface area contributed by atoms with Gasteiger partial charge in [0, 0.05) is 6.54 Å². The average Bonchev–Trinajstić information content (AvgIpc) is 2.44. The highest BCUT2D eigenvalue weighted by atomic mass is 19.1. The van der Waals surface area contributed by atoms with Crippen molar-refractivity contribution in [2.45, 2.75) is 46.5 Å². The van der Waals surface area contributed by atoms with Gasteiger partial charge in [-0.15, -0.1) is 0 Å². The minimum atomic E-state index is -0.443. The van der Waals surface area contributed by atoms with E-state index >= 15 is 0 Å². The fraction of sp³-hybridized carbons (Fsp3) is 0.500. The van der Waals surface area contributed by atoms with Crippen LogP contribution < -0.4 is 4.90 Å². The molecule has 4 heteroatoms. The van der Waals surface area contributed by atoms with Crippen LogP contribution in [0.3, 0.4) is 0 Å². The molecule has 0 N–H and O–H groups in total. The van der Waals surface area contributed by atoms with Crippen LogP contribution in [0.5, 0.6) is 0 Å². The number of nitrogens with zero attached hydrogens (tertiary/aromatic N) is 2. The van der Waals surface area contributed by atoms with Crippen LogP contribution in [-0.4, -0.2) is 13.0 Å². The number of carbonyl (C=O) groups is 1. The quantitative estimate of drug-likeness (QED) is 0.576. The minimum absolute atomic E-state index is 0.315. The van der Waals surface area contributed by atoms with Crippen molar-refractivity contribution in [2.24, 2.45) is 0 Å². The standard InChI is InChI=1S/C13H15FN2O.C3H8/c1-2-3-4-7-16(10-17)13-8-12(14)6-5-11(13)9-15;1-3-2/h5-6,8,10H,2-4,7H2,1H3;3H2,1-2H3. The van der Waals surface area contributed by atoms with Crippen molar-refractivity contribution in [1.29, 1.82) is 5.26 Å². The summed E-state index contributed by atoms with van der Waals surface area (Å²) in [7, 11) is 0. The molecular weight excluding hydrogens is 255 g/mol. The van der Waals surface area contributed by atoms with Crippen molar-refractivity contribution in [3.05, 3.63) is 29.6 Å². The van der Waals surface area contributed by atoms with Gasteiger partial charge in [0.05, 0.1) is 11.3 Å². The minimum Gasteiger partial charge on any atom is -0.314 e. The topological polar surface area (TPSA) is 44.1 Å². The lowest BCUT2D eigenvalue weighted by atomic mass is 10.1. The smallest absolute Gasteiger partial charge is 0.214 e. The van der Waals surface area contributed by atoms with E-state index in [1.165, 1.54) is 29.5 Å². The lowest BCUT2D eigenvalue weighted by molar-refractivity contribution is -0.107.